The maximum Gasteiger partial charge on any atom is 0.253 e. The van der Waals surface area contributed by atoms with Gasteiger partial charge >= 0.3 is 0 Å². The van der Waals surface area contributed by atoms with Crippen LogP contribution >= 0.6 is 0 Å². The van der Waals surface area contributed by atoms with Gasteiger partial charge in [0.25, 0.3) is 11.8 Å². The number of nitrogens with one attached hydrogen (secondary N) is 2. The highest BCUT2D eigenvalue weighted by Crippen LogP contribution is 2.27. The van der Waals surface area contributed by atoms with Gasteiger partial charge in [0.1, 0.15) is 0 Å². The van der Waals surface area contributed by atoms with Crippen molar-refractivity contribution in [3.8, 4) is 11.5 Å². The Morgan fingerprint density at radius 3 is 2.41 bits per heavy atom. The lowest BCUT2D eigenvalue weighted by atomic mass is 10.1. The Morgan fingerprint density at radius 2 is 1.74 bits per heavy atom. The van der Waals surface area contributed by atoms with Gasteiger partial charge in [0.2, 0.25) is 0 Å². The second kappa shape index (κ2) is 8.53. The highest BCUT2D eigenvalue weighted by Gasteiger charge is 2.24. The third kappa shape index (κ3) is 4.97. The lowest BCUT2D eigenvalue weighted by Gasteiger charge is -2.10. The molecule has 0 aliphatic heterocycles. The molecule has 1 aliphatic carbocycles. The highest BCUT2D eigenvalue weighted by molar-refractivity contribution is 5.99. The fourth-order valence-electron chi connectivity index (χ4n) is 2.64. The smallest absolute Gasteiger partial charge is 0.253 e. The number of pyridine rings is 1. The van der Waals surface area contributed by atoms with E-state index in [0.717, 1.165) is 18.4 Å². The van der Waals surface area contributed by atoms with Crippen LogP contribution < -0.4 is 20.1 Å². The molecule has 142 valence electrons. The van der Waals surface area contributed by atoms with E-state index in [9.17, 15) is 9.59 Å². The molecule has 0 radical (unpaired) electrons. The van der Waals surface area contributed by atoms with Crippen LogP contribution in [0.25, 0.3) is 0 Å². The second-order valence-electron chi connectivity index (χ2n) is 6.41. The summed E-state index contributed by atoms with van der Waals surface area (Å²) in [6.07, 6.45) is 5.59. The molecule has 7 heteroatoms. The number of aromatic nitrogens is 1. The van der Waals surface area contributed by atoms with Crippen molar-refractivity contribution in [3.63, 3.8) is 0 Å². The Bertz CT molecular complexity index is 834. The van der Waals surface area contributed by atoms with Gasteiger partial charge in [-0.3, -0.25) is 14.6 Å². The van der Waals surface area contributed by atoms with Crippen molar-refractivity contribution in [3.05, 3.63) is 53.3 Å². The Kier molecular flexibility index (Phi) is 5.90. The van der Waals surface area contributed by atoms with Crippen LogP contribution in [-0.2, 0) is 6.42 Å². The summed E-state index contributed by atoms with van der Waals surface area (Å²) in [6.45, 7) is 0.451. The number of hydrogen-bond acceptors (Lipinski definition) is 5. The van der Waals surface area contributed by atoms with Crippen molar-refractivity contribution in [2.45, 2.75) is 25.3 Å². The molecule has 0 unspecified atom stereocenters. The Labute approximate surface area is 158 Å². The molecule has 3 rings (SSSR count). The van der Waals surface area contributed by atoms with E-state index in [-0.39, 0.29) is 17.9 Å². The molecule has 2 N–H and O–H groups in total. The molecular formula is C20H23N3O4. The predicted molar refractivity (Wildman–Crippen MR) is 100 cm³/mol. The maximum absolute atomic E-state index is 12.3. The van der Waals surface area contributed by atoms with E-state index < -0.39 is 0 Å². The van der Waals surface area contributed by atoms with Crippen LogP contribution in [-0.4, -0.2) is 43.6 Å². The molecule has 1 aromatic heterocycles. The van der Waals surface area contributed by atoms with Gasteiger partial charge in [-0.1, -0.05) is 6.07 Å². The Balaban J connectivity index is 1.55. The minimum absolute atomic E-state index is 0.190. The molecule has 2 aromatic rings. The molecule has 0 saturated heterocycles. The van der Waals surface area contributed by atoms with Crippen LogP contribution in [0.3, 0.4) is 0 Å². The summed E-state index contributed by atoms with van der Waals surface area (Å²) in [5.41, 5.74) is 1.78. The first kappa shape index (κ1) is 18.7. The molecule has 0 spiro atoms. The normalized spacial score (nSPS) is 13.0. The second-order valence-corrected chi connectivity index (χ2v) is 6.41. The molecule has 1 saturated carbocycles. The van der Waals surface area contributed by atoms with E-state index >= 15 is 0 Å². The zero-order valence-corrected chi connectivity index (χ0v) is 15.5. The number of hydrogen-bond donors (Lipinski definition) is 2. The number of carbonyl (C=O) groups is 2. The third-order valence-electron chi connectivity index (χ3n) is 4.32. The quantitative estimate of drug-likeness (QED) is 0.742. The number of ether oxygens (including phenoxy) is 2. The van der Waals surface area contributed by atoms with Crippen LogP contribution in [0.2, 0.25) is 0 Å². The SMILES string of the molecule is COc1ccc(CCNC(=O)c2cncc(C(=O)NC3CC3)c2)cc1OC. The number of amides is 2. The van der Waals surface area contributed by atoms with Crippen molar-refractivity contribution in [1.29, 1.82) is 0 Å². The first-order chi connectivity index (χ1) is 13.1. The summed E-state index contributed by atoms with van der Waals surface area (Å²) in [5.74, 6) is 0.867. The van der Waals surface area contributed by atoms with Crippen molar-refractivity contribution < 1.29 is 19.1 Å². The topological polar surface area (TPSA) is 89.5 Å². The Hall–Kier alpha value is -3.09. The number of nitrogens with zero attached hydrogens (tertiary/aromatic N) is 1. The van der Waals surface area contributed by atoms with E-state index in [1.54, 1.807) is 20.3 Å². The van der Waals surface area contributed by atoms with Gasteiger partial charge in [-0.15, -0.1) is 0 Å². The zero-order valence-electron chi connectivity index (χ0n) is 15.5. The van der Waals surface area contributed by atoms with Crippen LogP contribution in [0, 0.1) is 0 Å². The van der Waals surface area contributed by atoms with E-state index in [2.05, 4.69) is 15.6 Å². The Morgan fingerprint density at radius 1 is 1.04 bits per heavy atom. The zero-order chi connectivity index (χ0) is 19.2. The fourth-order valence-corrected chi connectivity index (χ4v) is 2.64. The maximum atomic E-state index is 12.3. The molecule has 1 aromatic carbocycles. The molecule has 2 amide bonds. The molecule has 1 fully saturated rings. The van der Waals surface area contributed by atoms with Gasteiger partial charge in [0.15, 0.2) is 11.5 Å². The largest absolute Gasteiger partial charge is 0.493 e. The monoisotopic (exact) mass is 369 g/mol. The molecule has 1 heterocycles. The number of rotatable bonds is 8. The minimum Gasteiger partial charge on any atom is -0.493 e. The summed E-state index contributed by atoms with van der Waals surface area (Å²) in [7, 11) is 3.17. The van der Waals surface area contributed by atoms with E-state index in [1.807, 2.05) is 18.2 Å². The van der Waals surface area contributed by atoms with Gasteiger partial charge in [-0.05, 0) is 43.0 Å². The van der Waals surface area contributed by atoms with Crippen LogP contribution in [0.15, 0.2) is 36.7 Å². The van der Waals surface area contributed by atoms with Crippen molar-refractivity contribution in [2.24, 2.45) is 0 Å². The number of methoxy groups -OCH3 is 2. The molecule has 1 aliphatic rings. The first-order valence-electron chi connectivity index (χ1n) is 8.85. The standard InChI is InChI=1S/C20H23N3O4/c1-26-17-6-3-13(9-18(17)27-2)7-8-22-19(24)14-10-15(12-21-11-14)20(25)23-16-4-5-16/h3,6,9-12,16H,4-5,7-8H2,1-2H3,(H,22,24)(H,23,25). The highest BCUT2D eigenvalue weighted by atomic mass is 16.5. The minimum atomic E-state index is -0.260. The predicted octanol–water partition coefficient (Wildman–Crippen LogP) is 1.96. The van der Waals surface area contributed by atoms with Gasteiger partial charge in [-0.25, -0.2) is 0 Å². The van der Waals surface area contributed by atoms with Crippen molar-refractivity contribution in [1.82, 2.24) is 15.6 Å². The van der Waals surface area contributed by atoms with Gasteiger partial charge in [0, 0.05) is 25.0 Å². The van der Waals surface area contributed by atoms with Gasteiger partial charge < -0.3 is 20.1 Å². The summed E-state index contributed by atoms with van der Waals surface area (Å²) < 4.78 is 10.5. The van der Waals surface area contributed by atoms with E-state index in [1.165, 1.54) is 12.4 Å². The van der Waals surface area contributed by atoms with Gasteiger partial charge in [0.05, 0.1) is 25.3 Å². The molecular weight excluding hydrogens is 346 g/mol. The van der Waals surface area contributed by atoms with E-state index in [4.69, 9.17) is 9.47 Å². The molecule has 0 bridgehead atoms. The van der Waals surface area contributed by atoms with Crippen LogP contribution in [0.5, 0.6) is 11.5 Å². The van der Waals surface area contributed by atoms with Crippen molar-refractivity contribution >= 4 is 11.8 Å². The lowest BCUT2D eigenvalue weighted by Crippen LogP contribution is -2.28. The van der Waals surface area contributed by atoms with Crippen LogP contribution in [0.4, 0.5) is 0 Å². The molecule has 0 atom stereocenters. The molecule has 7 nitrogen and oxygen atoms in total. The first-order valence-corrected chi connectivity index (χ1v) is 8.85. The summed E-state index contributed by atoms with van der Waals surface area (Å²) in [5, 5.41) is 5.74. The third-order valence-corrected chi connectivity index (χ3v) is 4.32. The van der Waals surface area contributed by atoms with E-state index in [0.29, 0.717) is 35.6 Å². The average molecular weight is 369 g/mol. The molecule has 27 heavy (non-hydrogen) atoms. The summed E-state index contributed by atoms with van der Waals surface area (Å²) >= 11 is 0. The fraction of sp³-hybridized carbons (Fsp3) is 0.350. The number of benzene rings is 1. The van der Waals surface area contributed by atoms with Crippen molar-refractivity contribution in [2.75, 3.05) is 20.8 Å². The summed E-state index contributed by atoms with van der Waals surface area (Å²) in [4.78, 5) is 28.4. The average Bonchev–Trinajstić information content (AvgIpc) is 3.51. The summed E-state index contributed by atoms with van der Waals surface area (Å²) in [6, 6.07) is 7.47. The number of carbonyl (C=O) groups excluding carboxylic acids is 2. The lowest BCUT2D eigenvalue weighted by molar-refractivity contribution is 0.0950. The van der Waals surface area contributed by atoms with Crippen LogP contribution in [0.1, 0.15) is 39.1 Å². The van der Waals surface area contributed by atoms with Gasteiger partial charge in [-0.2, -0.15) is 0 Å².